The summed E-state index contributed by atoms with van der Waals surface area (Å²) in [5.41, 5.74) is 1.16. The smallest absolute Gasteiger partial charge is 0.319 e. The zero-order valence-electron chi connectivity index (χ0n) is 12.7. The fraction of sp³-hybridized carbons (Fsp3) is 0.500. The van der Waals surface area contributed by atoms with E-state index in [0.29, 0.717) is 17.8 Å². The number of rotatable bonds is 6. The summed E-state index contributed by atoms with van der Waals surface area (Å²) in [5.74, 6) is 0. The van der Waals surface area contributed by atoms with Crippen molar-refractivity contribution in [3.05, 3.63) is 29.8 Å². The molecule has 1 aromatic rings. The van der Waals surface area contributed by atoms with Crippen molar-refractivity contribution in [2.24, 2.45) is 0 Å². The lowest BCUT2D eigenvalue weighted by atomic mass is 10.2. The van der Waals surface area contributed by atoms with Crippen LogP contribution in [0.2, 0.25) is 0 Å². The van der Waals surface area contributed by atoms with Crippen molar-refractivity contribution in [1.29, 1.82) is 5.26 Å². The number of hydrogen-bond donors (Lipinski definition) is 2. The lowest BCUT2D eigenvalue weighted by Gasteiger charge is -2.26. The summed E-state index contributed by atoms with van der Waals surface area (Å²) in [6.45, 7) is 5.35. The summed E-state index contributed by atoms with van der Waals surface area (Å²) in [7, 11) is 0. The molecule has 0 radical (unpaired) electrons. The molecule has 2 N–H and O–H groups in total. The average molecular weight is 302 g/mol. The van der Waals surface area contributed by atoms with Crippen molar-refractivity contribution in [2.75, 3.05) is 44.7 Å². The van der Waals surface area contributed by atoms with Gasteiger partial charge in [-0.2, -0.15) is 5.26 Å². The zero-order valence-corrected chi connectivity index (χ0v) is 12.7. The summed E-state index contributed by atoms with van der Waals surface area (Å²) < 4.78 is 5.30. The highest BCUT2D eigenvalue weighted by Crippen LogP contribution is 2.09. The predicted molar refractivity (Wildman–Crippen MR) is 84.7 cm³/mol. The second-order valence-corrected chi connectivity index (χ2v) is 5.23. The van der Waals surface area contributed by atoms with E-state index in [1.54, 1.807) is 24.3 Å². The molecular formula is C16H22N4O2. The molecule has 118 valence electrons. The lowest BCUT2D eigenvalue weighted by molar-refractivity contribution is 0.0372. The Hall–Kier alpha value is -2.10. The second-order valence-electron chi connectivity index (χ2n) is 5.23. The Morgan fingerprint density at radius 3 is 2.91 bits per heavy atom. The van der Waals surface area contributed by atoms with Crippen LogP contribution >= 0.6 is 0 Å². The van der Waals surface area contributed by atoms with Crippen LogP contribution in [0.3, 0.4) is 0 Å². The molecule has 1 heterocycles. The van der Waals surface area contributed by atoms with E-state index in [2.05, 4.69) is 15.5 Å². The summed E-state index contributed by atoms with van der Waals surface area (Å²) >= 11 is 0. The van der Waals surface area contributed by atoms with Crippen molar-refractivity contribution in [3.8, 4) is 6.07 Å². The topological polar surface area (TPSA) is 77.4 Å². The molecule has 2 amide bonds. The third-order valence-corrected chi connectivity index (χ3v) is 3.54. The number of nitriles is 1. The maximum Gasteiger partial charge on any atom is 0.319 e. The van der Waals surface area contributed by atoms with E-state index in [0.717, 1.165) is 45.7 Å². The van der Waals surface area contributed by atoms with E-state index in [-0.39, 0.29) is 6.03 Å². The van der Waals surface area contributed by atoms with E-state index in [1.807, 2.05) is 6.07 Å². The van der Waals surface area contributed by atoms with Crippen LogP contribution in [0, 0.1) is 11.3 Å². The normalized spacial score (nSPS) is 15.0. The number of carbonyl (C=O) groups excluding carboxylic acids is 1. The lowest BCUT2D eigenvalue weighted by Crippen LogP contribution is -2.37. The molecule has 0 spiro atoms. The largest absolute Gasteiger partial charge is 0.379 e. The van der Waals surface area contributed by atoms with Gasteiger partial charge in [0.2, 0.25) is 0 Å². The van der Waals surface area contributed by atoms with Crippen molar-refractivity contribution >= 4 is 11.7 Å². The summed E-state index contributed by atoms with van der Waals surface area (Å²) in [4.78, 5) is 14.1. The minimum absolute atomic E-state index is 0.235. The third-order valence-electron chi connectivity index (χ3n) is 3.54. The highest BCUT2D eigenvalue weighted by molar-refractivity contribution is 5.89. The van der Waals surface area contributed by atoms with Gasteiger partial charge in [-0.3, -0.25) is 4.90 Å². The number of benzene rings is 1. The van der Waals surface area contributed by atoms with Crippen molar-refractivity contribution < 1.29 is 9.53 Å². The Bertz CT molecular complexity index is 521. The van der Waals surface area contributed by atoms with Crippen molar-refractivity contribution in [3.63, 3.8) is 0 Å². The van der Waals surface area contributed by atoms with Gasteiger partial charge in [0, 0.05) is 25.3 Å². The number of amides is 2. The van der Waals surface area contributed by atoms with Crippen molar-refractivity contribution in [2.45, 2.75) is 12.8 Å². The average Bonchev–Trinajstić information content (AvgIpc) is 2.55. The number of carbonyl (C=O) groups is 1. The van der Waals surface area contributed by atoms with Gasteiger partial charge in [0.1, 0.15) is 0 Å². The number of nitrogens with zero attached hydrogens (tertiary/aromatic N) is 2. The van der Waals surface area contributed by atoms with Gasteiger partial charge in [-0.1, -0.05) is 6.07 Å². The second kappa shape index (κ2) is 9.03. The van der Waals surface area contributed by atoms with Crippen LogP contribution in [0.1, 0.15) is 18.4 Å². The Balaban J connectivity index is 1.58. The molecule has 0 bridgehead atoms. The zero-order chi connectivity index (χ0) is 15.6. The maximum absolute atomic E-state index is 11.7. The summed E-state index contributed by atoms with van der Waals surface area (Å²) in [6.07, 6.45) is 2.01. The van der Waals surface area contributed by atoms with E-state index in [4.69, 9.17) is 10.00 Å². The Labute approximate surface area is 131 Å². The molecule has 1 aliphatic heterocycles. The van der Waals surface area contributed by atoms with Gasteiger partial charge < -0.3 is 15.4 Å². The fourth-order valence-corrected chi connectivity index (χ4v) is 2.33. The van der Waals surface area contributed by atoms with Crippen LogP contribution in [-0.2, 0) is 4.74 Å². The SMILES string of the molecule is N#Cc1cccc(NC(=O)NCCCCN2CCOCC2)c1. The highest BCUT2D eigenvalue weighted by atomic mass is 16.5. The first kappa shape index (κ1) is 16.3. The summed E-state index contributed by atoms with van der Waals surface area (Å²) in [6, 6.07) is 8.67. The first-order valence-corrected chi connectivity index (χ1v) is 7.63. The minimum atomic E-state index is -0.235. The van der Waals surface area contributed by atoms with Gasteiger partial charge in [-0.25, -0.2) is 4.79 Å². The number of urea groups is 1. The number of nitrogens with one attached hydrogen (secondary N) is 2. The molecular weight excluding hydrogens is 280 g/mol. The molecule has 1 aliphatic rings. The molecule has 6 nitrogen and oxygen atoms in total. The highest BCUT2D eigenvalue weighted by Gasteiger charge is 2.09. The summed E-state index contributed by atoms with van der Waals surface area (Å²) in [5, 5.41) is 14.4. The monoisotopic (exact) mass is 302 g/mol. The Kier molecular flexibility index (Phi) is 6.68. The van der Waals surface area contributed by atoms with Gasteiger partial charge in [-0.05, 0) is 37.6 Å². The van der Waals surface area contributed by atoms with Crippen molar-refractivity contribution in [1.82, 2.24) is 10.2 Å². The quantitative estimate of drug-likeness (QED) is 0.785. The third kappa shape index (κ3) is 5.72. The molecule has 1 saturated heterocycles. The Morgan fingerprint density at radius 2 is 2.14 bits per heavy atom. The number of ether oxygens (including phenoxy) is 1. The molecule has 1 fully saturated rings. The van der Waals surface area contributed by atoms with Crippen LogP contribution in [0.5, 0.6) is 0 Å². The van der Waals surface area contributed by atoms with E-state index >= 15 is 0 Å². The van der Waals surface area contributed by atoms with E-state index < -0.39 is 0 Å². The molecule has 6 heteroatoms. The molecule has 0 aliphatic carbocycles. The van der Waals surface area contributed by atoms with E-state index in [1.165, 1.54) is 0 Å². The van der Waals surface area contributed by atoms with Gasteiger partial charge in [0.25, 0.3) is 0 Å². The van der Waals surface area contributed by atoms with Gasteiger partial charge in [-0.15, -0.1) is 0 Å². The predicted octanol–water partition coefficient (Wildman–Crippen LogP) is 1.79. The van der Waals surface area contributed by atoms with Crippen LogP contribution in [0.25, 0.3) is 0 Å². The molecule has 0 atom stereocenters. The van der Waals surface area contributed by atoms with Crippen LogP contribution in [0.15, 0.2) is 24.3 Å². The first-order valence-electron chi connectivity index (χ1n) is 7.63. The minimum Gasteiger partial charge on any atom is -0.379 e. The number of unbranched alkanes of at least 4 members (excludes halogenated alkanes) is 1. The van der Waals surface area contributed by atoms with Gasteiger partial charge >= 0.3 is 6.03 Å². The van der Waals surface area contributed by atoms with E-state index in [9.17, 15) is 4.79 Å². The molecule has 0 aromatic heterocycles. The molecule has 22 heavy (non-hydrogen) atoms. The maximum atomic E-state index is 11.7. The Morgan fingerprint density at radius 1 is 1.32 bits per heavy atom. The van der Waals surface area contributed by atoms with Crippen LogP contribution in [0.4, 0.5) is 10.5 Å². The standard InChI is InChI=1S/C16H22N4O2/c17-13-14-4-3-5-15(12-14)19-16(21)18-6-1-2-7-20-8-10-22-11-9-20/h3-5,12H,1-2,6-11H2,(H2,18,19,21). The molecule has 2 rings (SSSR count). The fourth-order valence-electron chi connectivity index (χ4n) is 2.33. The molecule has 1 aromatic carbocycles. The van der Waals surface area contributed by atoms with Gasteiger partial charge in [0.15, 0.2) is 0 Å². The van der Waals surface area contributed by atoms with Crippen LogP contribution in [-0.4, -0.2) is 50.3 Å². The van der Waals surface area contributed by atoms with Gasteiger partial charge in [0.05, 0.1) is 24.8 Å². The molecule has 0 unspecified atom stereocenters. The van der Waals surface area contributed by atoms with Crippen LogP contribution < -0.4 is 10.6 Å². The molecule has 0 saturated carbocycles. The number of anilines is 1. The number of morpholine rings is 1. The number of hydrogen-bond acceptors (Lipinski definition) is 4. The first-order chi connectivity index (χ1) is 10.8.